The van der Waals surface area contributed by atoms with Gasteiger partial charge in [-0.05, 0) is 24.6 Å². The van der Waals surface area contributed by atoms with E-state index >= 15 is 0 Å². The van der Waals surface area contributed by atoms with Crippen LogP contribution < -0.4 is 5.73 Å². The first-order chi connectivity index (χ1) is 9.29. The van der Waals surface area contributed by atoms with E-state index in [9.17, 15) is 0 Å². The van der Waals surface area contributed by atoms with Crippen molar-refractivity contribution in [1.82, 2.24) is 4.90 Å². The standard InChI is InChI=1S/C17H22N2/c1-19(14-16-10-6-3-7-11-16)17(13-18)12-15-8-4-2-5-9-15/h2-11,17H,12-14,18H2,1H3. The molecular formula is C17H22N2. The lowest BCUT2D eigenvalue weighted by molar-refractivity contribution is 0.237. The summed E-state index contributed by atoms with van der Waals surface area (Å²) in [4.78, 5) is 2.34. The maximum Gasteiger partial charge on any atom is 0.0259 e. The molecule has 2 aromatic rings. The Morgan fingerprint density at radius 1 is 0.895 bits per heavy atom. The zero-order valence-electron chi connectivity index (χ0n) is 11.5. The summed E-state index contributed by atoms with van der Waals surface area (Å²) in [6.45, 7) is 1.62. The Kier molecular flexibility index (Phi) is 5.13. The van der Waals surface area contributed by atoms with E-state index in [2.05, 4.69) is 66.5 Å². The van der Waals surface area contributed by atoms with Crippen LogP contribution >= 0.6 is 0 Å². The lowest BCUT2D eigenvalue weighted by atomic mass is 10.0. The second-order valence-electron chi connectivity index (χ2n) is 4.98. The van der Waals surface area contributed by atoms with Crippen molar-refractivity contribution >= 4 is 0 Å². The molecule has 1 unspecified atom stereocenters. The third-order valence-corrected chi connectivity index (χ3v) is 3.48. The fourth-order valence-corrected chi connectivity index (χ4v) is 2.31. The molecule has 2 heteroatoms. The average Bonchev–Trinajstić information content (AvgIpc) is 2.47. The highest BCUT2D eigenvalue weighted by Gasteiger charge is 2.13. The predicted molar refractivity (Wildman–Crippen MR) is 80.9 cm³/mol. The first-order valence-corrected chi connectivity index (χ1v) is 6.77. The molecule has 2 rings (SSSR count). The molecule has 0 saturated carbocycles. The van der Waals surface area contributed by atoms with Crippen molar-refractivity contribution in [2.24, 2.45) is 5.73 Å². The minimum atomic E-state index is 0.377. The average molecular weight is 254 g/mol. The Balaban J connectivity index is 1.97. The van der Waals surface area contributed by atoms with E-state index in [4.69, 9.17) is 5.73 Å². The quantitative estimate of drug-likeness (QED) is 0.859. The SMILES string of the molecule is CN(Cc1ccccc1)C(CN)Cc1ccccc1. The predicted octanol–water partition coefficient (Wildman–Crippen LogP) is 2.69. The summed E-state index contributed by atoms with van der Waals surface area (Å²) in [7, 11) is 2.15. The summed E-state index contributed by atoms with van der Waals surface area (Å²) in [6, 6.07) is 21.5. The summed E-state index contributed by atoms with van der Waals surface area (Å²) >= 11 is 0. The lowest BCUT2D eigenvalue weighted by Gasteiger charge is -2.27. The summed E-state index contributed by atoms with van der Waals surface area (Å²) in [5.41, 5.74) is 8.61. The number of hydrogen-bond donors (Lipinski definition) is 1. The van der Waals surface area contributed by atoms with Crippen LogP contribution in [0.4, 0.5) is 0 Å². The Morgan fingerprint density at radius 3 is 1.95 bits per heavy atom. The molecule has 100 valence electrons. The van der Waals surface area contributed by atoms with E-state index in [1.807, 2.05) is 6.07 Å². The van der Waals surface area contributed by atoms with Crippen LogP contribution in [0.15, 0.2) is 60.7 Å². The van der Waals surface area contributed by atoms with Gasteiger partial charge in [0.2, 0.25) is 0 Å². The van der Waals surface area contributed by atoms with E-state index in [1.54, 1.807) is 0 Å². The summed E-state index contributed by atoms with van der Waals surface area (Å²) < 4.78 is 0. The fraction of sp³-hybridized carbons (Fsp3) is 0.294. The van der Waals surface area contributed by atoms with Crippen LogP contribution in [-0.2, 0) is 13.0 Å². The van der Waals surface area contributed by atoms with Crippen LogP contribution in [0.1, 0.15) is 11.1 Å². The maximum absolute atomic E-state index is 5.93. The van der Waals surface area contributed by atoms with Gasteiger partial charge >= 0.3 is 0 Å². The number of nitrogens with zero attached hydrogens (tertiary/aromatic N) is 1. The number of likely N-dealkylation sites (N-methyl/N-ethyl adjacent to an activating group) is 1. The highest BCUT2D eigenvalue weighted by atomic mass is 15.1. The van der Waals surface area contributed by atoms with Gasteiger partial charge in [0.05, 0.1) is 0 Å². The summed E-state index contributed by atoms with van der Waals surface area (Å²) in [5, 5.41) is 0. The van der Waals surface area contributed by atoms with Gasteiger partial charge in [0.25, 0.3) is 0 Å². The second kappa shape index (κ2) is 7.07. The minimum absolute atomic E-state index is 0.377. The Morgan fingerprint density at radius 2 is 1.42 bits per heavy atom. The molecule has 0 spiro atoms. The van der Waals surface area contributed by atoms with E-state index in [1.165, 1.54) is 11.1 Å². The van der Waals surface area contributed by atoms with Crippen LogP contribution in [0.5, 0.6) is 0 Å². The van der Waals surface area contributed by atoms with Gasteiger partial charge in [0.1, 0.15) is 0 Å². The van der Waals surface area contributed by atoms with Crippen molar-refractivity contribution in [3.8, 4) is 0 Å². The van der Waals surface area contributed by atoms with E-state index in [-0.39, 0.29) is 0 Å². The van der Waals surface area contributed by atoms with Gasteiger partial charge in [-0.15, -0.1) is 0 Å². The van der Waals surface area contributed by atoms with Crippen molar-refractivity contribution in [2.45, 2.75) is 19.0 Å². The molecule has 2 N–H and O–H groups in total. The molecule has 0 fully saturated rings. The topological polar surface area (TPSA) is 29.3 Å². The molecule has 0 aromatic heterocycles. The molecule has 0 amide bonds. The second-order valence-corrected chi connectivity index (χ2v) is 4.98. The highest BCUT2D eigenvalue weighted by molar-refractivity contribution is 5.17. The van der Waals surface area contributed by atoms with Crippen molar-refractivity contribution in [3.05, 3.63) is 71.8 Å². The van der Waals surface area contributed by atoms with Crippen LogP contribution in [0, 0.1) is 0 Å². The van der Waals surface area contributed by atoms with Crippen LogP contribution in [0.2, 0.25) is 0 Å². The van der Waals surface area contributed by atoms with Gasteiger partial charge in [0, 0.05) is 19.1 Å². The van der Waals surface area contributed by atoms with Crippen molar-refractivity contribution in [3.63, 3.8) is 0 Å². The molecule has 0 radical (unpaired) electrons. The Labute approximate surface area is 115 Å². The maximum atomic E-state index is 5.93. The summed E-state index contributed by atoms with van der Waals surface area (Å²) in [5.74, 6) is 0. The van der Waals surface area contributed by atoms with Gasteiger partial charge in [-0.1, -0.05) is 60.7 Å². The molecule has 2 nitrogen and oxygen atoms in total. The molecule has 0 aliphatic carbocycles. The molecule has 2 aromatic carbocycles. The highest BCUT2D eigenvalue weighted by Crippen LogP contribution is 2.10. The normalized spacial score (nSPS) is 12.6. The van der Waals surface area contributed by atoms with Gasteiger partial charge in [-0.25, -0.2) is 0 Å². The minimum Gasteiger partial charge on any atom is -0.329 e. The molecule has 1 atom stereocenters. The fourth-order valence-electron chi connectivity index (χ4n) is 2.31. The molecule has 0 aliphatic heterocycles. The Hall–Kier alpha value is -1.64. The van der Waals surface area contributed by atoms with Crippen molar-refractivity contribution < 1.29 is 0 Å². The van der Waals surface area contributed by atoms with E-state index in [0.29, 0.717) is 12.6 Å². The van der Waals surface area contributed by atoms with E-state index in [0.717, 1.165) is 13.0 Å². The van der Waals surface area contributed by atoms with Crippen LogP contribution in [-0.4, -0.2) is 24.5 Å². The lowest BCUT2D eigenvalue weighted by Crippen LogP contribution is -2.39. The number of benzene rings is 2. The number of nitrogens with two attached hydrogens (primary N) is 1. The molecule has 19 heavy (non-hydrogen) atoms. The molecule has 0 aliphatic rings. The first-order valence-electron chi connectivity index (χ1n) is 6.77. The molecule has 0 bridgehead atoms. The summed E-state index contributed by atoms with van der Waals surface area (Å²) in [6.07, 6.45) is 1.00. The zero-order chi connectivity index (χ0) is 13.5. The number of hydrogen-bond acceptors (Lipinski definition) is 2. The zero-order valence-corrected chi connectivity index (χ0v) is 11.5. The molecular weight excluding hydrogens is 232 g/mol. The Bertz CT molecular complexity index is 467. The van der Waals surface area contributed by atoms with Gasteiger partial charge in [-0.3, -0.25) is 4.90 Å². The smallest absolute Gasteiger partial charge is 0.0259 e. The first kappa shape index (κ1) is 13.8. The van der Waals surface area contributed by atoms with Gasteiger partial charge in [0.15, 0.2) is 0 Å². The van der Waals surface area contributed by atoms with Gasteiger partial charge < -0.3 is 5.73 Å². The molecule has 0 saturated heterocycles. The van der Waals surface area contributed by atoms with Gasteiger partial charge in [-0.2, -0.15) is 0 Å². The van der Waals surface area contributed by atoms with E-state index < -0.39 is 0 Å². The van der Waals surface area contributed by atoms with Crippen molar-refractivity contribution in [1.29, 1.82) is 0 Å². The third-order valence-electron chi connectivity index (χ3n) is 3.48. The monoisotopic (exact) mass is 254 g/mol. The van der Waals surface area contributed by atoms with Crippen LogP contribution in [0.3, 0.4) is 0 Å². The van der Waals surface area contributed by atoms with Crippen LogP contribution in [0.25, 0.3) is 0 Å². The molecule has 0 heterocycles. The van der Waals surface area contributed by atoms with Crippen molar-refractivity contribution in [2.75, 3.05) is 13.6 Å². The number of rotatable bonds is 6. The largest absolute Gasteiger partial charge is 0.329 e. The third kappa shape index (κ3) is 4.19.